The molecule has 0 radical (unpaired) electrons. The van der Waals surface area contributed by atoms with Gasteiger partial charge in [-0.1, -0.05) is 43.0 Å². The summed E-state index contributed by atoms with van der Waals surface area (Å²) in [6.45, 7) is 0.102. The molecule has 1 fully saturated rings. The van der Waals surface area contributed by atoms with Gasteiger partial charge in [-0.05, 0) is 49.2 Å². The van der Waals surface area contributed by atoms with Crippen LogP contribution in [-0.4, -0.2) is 23.0 Å². The van der Waals surface area contributed by atoms with Crippen molar-refractivity contribution in [1.82, 2.24) is 10.5 Å². The molecule has 1 saturated carbocycles. The van der Waals surface area contributed by atoms with Gasteiger partial charge in [0, 0.05) is 17.8 Å². The maximum absolute atomic E-state index is 13.7. The minimum atomic E-state index is -0.579. The number of aromatic nitrogens is 1. The van der Waals surface area contributed by atoms with E-state index in [4.69, 9.17) is 9.26 Å². The van der Waals surface area contributed by atoms with E-state index in [1.54, 1.807) is 36.4 Å². The Kier molecular flexibility index (Phi) is 7.34. The van der Waals surface area contributed by atoms with E-state index in [0.717, 1.165) is 25.7 Å². The summed E-state index contributed by atoms with van der Waals surface area (Å²) < 4.78 is 24.6. The third kappa shape index (κ3) is 6.19. The average molecular weight is 451 g/mol. The van der Waals surface area contributed by atoms with Crippen LogP contribution in [0.15, 0.2) is 59.1 Å². The van der Waals surface area contributed by atoms with E-state index >= 15 is 0 Å². The summed E-state index contributed by atoms with van der Waals surface area (Å²) in [5, 5.41) is 9.54. The fraction of sp³-hybridized carbons (Fsp3) is 0.320. The lowest BCUT2D eigenvalue weighted by molar-refractivity contribution is 0.0923. The zero-order valence-electron chi connectivity index (χ0n) is 18.2. The van der Waals surface area contributed by atoms with Crippen molar-refractivity contribution >= 4 is 17.5 Å². The molecular weight excluding hydrogens is 425 g/mol. The summed E-state index contributed by atoms with van der Waals surface area (Å²) in [6, 6.07) is 14.2. The number of hydrogen-bond donors (Lipinski definition) is 2. The molecule has 1 aliphatic carbocycles. The first kappa shape index (κ1) is 22.5. The molecule has 1 heterocycles. The Hall–Kier alpha value is -3.68. The normalized spacial score (nSPS) is 14.3. The standard InChI is InChI=1S/C25H26FN3O4/c26-22-10-6-5-9-21(22)24(30)27-18-11-13-19(14-12-18)32-16-20-15-23(29-33-20)25(31)28-17-7-3-1-2-4-8-17/h5-6,9-15,17H,1-4,7-8,16H2,(H,27,30)(H,28,31). The molecule has 2 N–H and O–H groups in total. The number of anilines is 1. The molecule has 0 bridgehead atoms. The Bertz CT molecular complexity index is 1090. The van der Waals surface area contributed by atoms with E-state index in [2.05, 4.69) is 15.8 Å². The topological polar surface area (TPSA) is 93.5 Å². The lowest BCUT2D eigenvalue weighted by Crippen LogP contribution is -2.34. The highest BCUT2D eigenvalue weighted by atomic mass is 19.1. The zero-order chi connectivity index (χ0) is 23.0. The summed E-state index contributed by atoms with van der Waals surface area (Å²) in [6.07, 6.45) is 6.70. The van der Waals surface area contributed by atoms with Crippen LogP contribution < -0.4 is 15.4 Å². The molecule has 0 atom stereocenters. The third-order valence-corrected chi connectivity index (χ3v) is 5.59. The van der Waals surface area contributed by atoms with Gasteiger partial charge in [0.2, 0.25) is 0 Å². The van der Waals surface area contributed by atoms with Crippen molar-refractivity contribution in [2.24, 2.45) is 0 Å². The van der Waals surface area contributed by atoms with Crippen LogP contribution in [0.3, 0.4) is 0 Å². The second-order valence-electron chi connectivity index (χ2n) is 8.09. The molecule has 4 rings (SSSR count). The van der Waals surface area contributed by atoms with Gasteiger partial charge in [0.15, 0.2) is 11.5 Å². The van der Waals surface area contributed by atoms with Crippen molar-refractivity contribution in [1.29, 1.82) is 0 Å². The van der Waals surface area contributed by atoms with E-state index in [-0.39, 0.29) is 29.8 Å². The van der Waals surface area contributed by atoms with Crippen LogP contribution in [0.5, 0.6) is 5.75 Å². The Morgan fingerprint density at radius 2 is 1.73 bits per heavy atom. The number of ether oxygens (including phenoxy) is 1. The largest absolute Gasteiger partial charge is 0.486 e. The van der Waals surface area contributed by atoms with Crippen molar-refractivity contribution in [2.45, 2.75) is 51.2 Å². The number of hydrogen-bond acceptors (Lipinski definition) is 5. The van der Waals surface area contributed by atoms with Gasteiger partial charge in [0.05, 0.1) is 5.56 Å². The van der Waals surface area contributed by atoms with Gasteiger partial charge in [-0.3, -0.25) is 9.59 Å². The molecule has 0 spiro atoms. The lowest BCUT2D eigenvalue weighted by atomic mass is 10.1. The predicted octanol–water partition coefficient (Wildman–Crippen LogP) is 5.10. The van der Waals surface area contributed by atoms with Gasteiger partial charge in [-0.2, -0.15) is 0 Å². The number of nitrogens with zero attached hydrogens (tertiary/aromatic N) is 1. The van der Waals surface area contributed by atoms with Gasteiger partial charge in [-0.25, -0.2) is 4.39 Å². The minimum absolute atomic E-state index is 0.0259. The molecule has 33 heavy (non-hydrogen) atoms. The Labute approximate surface area is 191 Å². The number of halogens is 1. The minimum Gasteiger partial charge on any atom is -0.486 e. The first-order valence-corrected chi connectivity index (χ1v) is 11.1. The lowest BCUT2D eigenvalue weighted by Gasteiger charge is -2.14. The molecule has 3 aromatic rings. The van der Waals surface area contributed by atoms with Crippen LogP contribution in [0.1, 0.15) is 65.1 Å². The Morgan fingerprint density at radius 1 is 1.00 bits per heavy atom. The molecule has 0 saturated heterocycles. The van der Waals surface area contributed by atoms with Crippen LogP contribution in [0, 0.1) is 5.82 Å². The van der Waals surface area contributed by atoms with E-state index in [1.165, 1.54) is 31.0 Å². The molecule has 0 unspecified atom stereocenters. The van der Waals surface area contributed by atoms with Crippen LogP contribution in [0.4, 0.5) is 10.1 Å². The maximum Gasteiger partial charge on any atom is 0.273 e. The van der Waals surface area contributed by atoms with Crippen molar-refractivity contribution in [3.8, 4) is 5.75 Å². The Balaban J connectivity index is 1.27. The first-order chi connectivity index (χ1) is 16.1. The highest BCUT2D eigenvalue weighted by Gasteiger charge is 2.19. The molecule has 172 valence electrons. The summed E-state index contributed by atoms with van der Waals surface area (Å²) in [5.74, 6) is -0.369. The van der Waals surface area contributed by atoms with Gasteiger partial charge in [0.1, 0.15) is 18.2 Å². The van der Waals surface area contributed by atoms with Crippen LogP contribution in [0.2, 0.25) is 0 Å². The van der Waals surface area contributed by atoms with Crippen LogP contribution >= 0.6 is 0 Å². The molecule has 1 aromatic heterocycles. The number of carbonyl (C=O) groups is 2. The number of amides is 2. The van der Waals surface area contributed by atoms with Crippen LogP contribution in [0.25, 0.3) is 0 Å². The highest BCUT2D eigenvalue weighted by Crippen LogP contribution is 2.20. The summed E-state index contributed by atoms with van der Waals surface area (Å²) >= 11 is 0. The quantitative estimate of drug-likeness (QED) is 0.488. The van der Waals surface area contributed by atoms with Gasteiger partial charge >= 0.3 is 0 Å². The molecular formula is C25H26FN3O4. The fourth-order valence-corrected chi connectivity index (χ4v) is 3.80. The number of benzene rings is 2. The van der Waals surface area contributed by atoms with Gasteiger partial charge < -0.3 is 19.9 Å². The second kappa shape index (κ2) is 10.8. The fourth-order valence-electron chi connectivity index (χ4n) is 3.80. The van der Waals surface area contributed by atoms with Crippen molar-refractivity contribution in [3.05, 3.63) is 77.4 Å². The SMILES string of the molecule is O=C(NC1CCCCCC1)c1cc(COc2ccc(NC(=O)c3ccccc3F)cc2)on1. The molecule has 2 amide bonds. The molecule has 2 aromatic carbocycles. The smallest absolute Gasteiger partial charge is 0.273 e. The maximum atomic E-state index is 13.7. The first-order valence-electron chi connectivity index (χ1n) is 11.1. The van der Waals surface area contributed by atoms with E-state index in [9.17, 15) is 14.0 Å². The number of nitrogens with one attached hydrogen (secondary N) is 2. The summed E-state index contributed by atoms with van der Waals surface area (Å²) in [4.78, 5) is 24.6. The van der Waals surface area contributed by atoms with Crippen molar-refractivity contribution in [3.63, 3.8) is 0 Å². The third-order valence-electron chi connectivity index (χ3n) is 5.59. The van der Waals surface area contributed by atoms with Crippen molar-refractivity contribution in [2.75, 3.05) is 5.32 Å². The monoisotopic (exact) mass is 451 g/mol. The van der Waals surface area contributed by atoms with Crippen LogP contribution in [-0.2, 0) is 6.61 Å². The predicted molar refractivity (Wildman–Crippen MR) is 121 cm³/mol. The van der Waals surface area contributed by atoms with Crippen molar-refractivity contribution < 1.29 is 23.2 Å². The average Bonchev–Trinajstić information content (AvgIpc) is 3.16. The second-order valence-corrected chi connectivity index (χ2v) is 8.09. The molecule has 7 nitrogen and oxygen atoms in total. The number of carbonyl (C=O) groups excluding carboxylic acids is 2. The molecule has 0 aliphatic heterocycles. The van der Waals surface area contributed by atoms with E-state index in [0.29, 0.717) is 17.2 Å². The Morgan fingerprint density at radius 3 is 2.45 bits per heavy atom. The van der Waals surface area contributed by atoms with E-state index < -0.39 is 11.7 Å². The molecule has 1 aliphatic rings. The zero-order valence-corrected chi connectivity index (χ0v) is 18.2. The summed E-state index contributed by atoms with van der Waals surface area (Å²) in [7, 11) is 0. The highest BCUT2D eigenvalue weighted by molar-refractivity contribution is 6.04. The number of rotatable bonds is 7. The molecule has 8 heteroatoms. The van der Waals surface area contributed by atoms with E-state index in [1.807, 2.05) is 0 Å². The summed E-state index contributed by atoms with van der Waals surface area (Å²) in [5.41, 5.74) is 0.721. The van der Waals surface area contributed by atoms with Gasteiger partial charge in [-0.15, -0.1) is 0 Å². The van der Waals surface area contributed by atoms with Gasteiger partial charge in [0.25, 0.3) is 11.8 Å².